The molecule has 0 bridgehead atoms. The van der Waals surface area contributed by atoms with Crippen LogP contribution in [0.15, 0.2) is 36.7 Å². The fraction of sp³-hybridized carbons (Fsp3) is 0.429. The van der Waals surface area contributed by atoms with Crippen LogP contribution in [0.3, 0.4) is 0 Å². The maximum absolute atomic E-state index is 13.3. The van der Waals surface area contributed by atoms with Crippen LogP contribution in [-0.2, 0) is 4.79 Å². The quantitative estimate of drug-likeness (QED) is 0.855. The van der Waals surface area contributed by atoms with Crippen molar-refractivity contribution in [2.45, 2.75) is 32.7 Å². The summed E-state index contributed by atoms with van der Waals surface area (Å²) >= 11 is 0. The van der Waals surface area contributed by atoms with E-state index in [0.717, 1.165) is 12.8 Å². The predicted octanol–water partition coefficient (Wildman–Crippen LogP) is 3.39. The minimum absolute atomic E-state index is 0.0125. The third kappa shape index (κ3) is 5.07. The lowest BCUT2D eigenvalue weighted by molar-refractivity contribution is -0.135. The lowest BCUT2D eigenvalue weighted by atomic mass is 10.0. The van der Waals surface area contributed by atoms with Crippen molar-refractivity contribution >= 4 is 17.8 Å². The van der Waals surface area contributed by atoms with Crippen LogP contribution in [0.4, 0.5) is 15.0 Å². The van der Waals surface area contributed by atoms with Crippen LogP contribution in [0.1, 0.15) is 26.7 Å². The van der Waals surface area contributed by atoms with Crippen molar-refractivity contribution in [2.24, 2.45) is 5.92 Å². The molecule has 1 saturated heterocycles. The minimum atomic E-state index is -0.343. The summed E-state index contributed by atoms with van der Waals surface area (Å²) < 4.78 is 13.3. The van der Waals surface area contributed by atoms with Gasteiger partial charge in [0.05, 0.1) is 18.1 Å². The zero-order valence-corrected chi connectivity index (χ0v) is 16.9. The number of halogens is 1. The standard InChI is InChI=1S/C21H26FN5O2/c1-14(2)20(28)27-9-7-17(8-10-27)26(3)21(29)25-19-13-23-18(12-24-19)15-5-4-6-16(22)11-15/h4-6,11-14,17H,7-10H2,1-3H3,(H,24,25,29). The number of nitrogens with one attached hydrogen (secondary N) is 1. The van der Waals surface area contributed by atoms with Crippen molar-refractivity contribution in [1.29, 1.82) is 0 Å². The molecule has 3 rings (SSSR count). The van der Waals surface area contributed by atoms with E-state index in [4.69, 9.17) is 0 Å². The van der Waals surface area contributed by atoms with Gasteiger partial charge in [-0.3, -0.25) is 15.1 Å². The Labute approximate surface area is 169 Å². The van der Waals surface area contributed by atoms with Crippen LogP contribution in [0.2, 0.25) is 0 Å². The number of hydrogen-bond acceptors (Lipinski definition) is 4. The Hall–Kier alpha value is -3.03. The lowest BCUT2D eigenvalue weighted by Crippen LogP contribution is -2.49. The molecule has 3 amide bonds. The van der Waals surface area contributed by atoms with Crippen LogP contribution in [-0.4, -0.2) is 57.9 Å². The molecule has 1 aliphatic rings. The second kappa shape index (κ2) is 8.98. The topological polar surface area (TPSA) is 78.4 Å². The van der Waals surface area contributed by atoms with E-state index in [1.807, 2.05) is 18.7 Å². The van der Waals surface area contributed by atoms with E-state index in [2.05, 4.69) is 15.3 Å². The van der Waals surface area contributed by atoms with E-state index in [9.17, 15) is 14.0 Å². The summed E-state index contributed by atoms with van der Waals surface area (Å²) in [7, 11) is 1.74. The maximum atomic E-state index is 13.3. The molecule has 154 valence electrons. The van der Waals surface area contributed by atoms with E-state index in [1.54, 1.807) is 24.1 Å². The van der Waals surface area contributed by atoms with Crippen molar-refractivity contribution in [3.8, 4) is 11.3 Å². The van der Waals surface area contributed by atoms with E-state index in [1.165, 1.54) is 24.5 Å². The Bertz CT molecular complexity index is 864. The van der Waals surface area contributed by atoms with Gasteiger partial charge in [0.1, 0.15) is 5.82 Å². The first kappa shape index (κ1) is 20.7. The fourth-order valence-electron chi connectivity index (χ4n) is 3.39. The molecule has 1 aromatic heterocycles. The molecule has 0 atom stereocenters. The monoisotopic (exact) mass is 399 g/mol. The van der Waals surface area contributed by atoms with Gasteiger partial charge in [-0.1, -0.05) is 26.0 Å². The average Bonchev–Trinajstić information content (AvgIpc) is 2.73. The van der Waals surface area contributed by atoms with Gasteiger partial charge in [0.2, 0.25) is 5.91 Å². The normalized spacial score (nSPS) is 14.7. The number of aromatic nitrogens is 2. The Balaban J connectivity index is 1.55. The van der Waals surface area contributed by atoms with Crippen molar-refractivity contribution < 1.29 is 14.0 Å². The Morgan fingerprint density at radius 3 is 2.52 bits per heavy atom. The number of benzene rings is 1. The Kier molecular flexibility index (Phi) is 6.41. The smallest absolute Gasteiger partial charge is 0.323 e. The van der Waals surface area contributed by atoms with Gasteiger partial charge in [0.25, 0.3) is 0 Å². The molecular formula is C21H26FN5O2. The van der Waals surface area contributed by atoms with Crippen molar-refractivity contribution in [1.82, 2.24) is 19.8 Å². The van der Waals surface area contributed by atoms with Gasteiger partial charge in [-0.15, -0.1) is 0 Å². The molecule has 1 aromatic carbocycles. The van der Waals surface area contributed by atoms with Gasteiger partial charge in [0, 0.05) is 37.7 Å². The van der Waals surface area contributed by atoms with Gasteiger partial charge in [-0.25, -0.2) is 14.2 Å². The third-order valence-corrected chi connectivity index (χ3v) is 5.15. The number of anilines is 1. The van der Waals surface area contributed by atoms with Crippen LogP contribution < -0.4 is 5.32 Å². The fourth-order valence-corrected chi connectivity index (χ4v) is 3.39. The van der Waals surface area contributed by atoms with E-state index in [0.29, 0.717) is 30.2 Å². The molecule has 1 N–H and O–H groups in total. The first-order valence-corrected chi connectivity index (χ1v) is 9.75. The summed E-state index contributed by atoms with van der Waals surface area (Å²) in [5.74, 6) is 0.129. The average molecular weight is 399 g/mol. The van der Waals surface area contributed by atoms with Crippen LogP contribution in [0.25, 0.3) is 11.3 Å². The highest BCUT2D eigenvalue weighted by molar-refractivity contribution is 5.88. The number of amides is 3. The number of hydrogen-bond donors (Lipinski definition) is 1. The van der Waals surface area contributed by atoms with Crippen molar-refractivity contribution in [3.63, 3.8) is 0 Å². The number of piperidine rings is 1. The lowest BCUT2D eigenvalue weighted by Gasteiger charge is -2.37. The number of carbonyl (C=O) groups excluding carboxylic acids is 2. The molecule has 1 aliphatic heterocycles. The summed E-state index contributed by atoms with van der Waals surface area (Å²) in [6.45, 7) is 5.10. The largest absolute Gasteiger partial charge is 0.342 e. The van der Waals surface area contributed by atoms with Gasteiger partial charge >= 0.3 is 6.03 Å². The summed E-state index contributed by atoms with van der Waals surface area (Å²) in [5, 5.41) is 2.74. The molecule has 0 unspecified atom stereocenters. The second-order valence-electron chi connectivity index (χ2n) is 7.55. The highest BCUT2D eigenvalue weighted by Gasteiger charge is 2.28. The molecule has 8 heteroatoms. The SMILES string of the molecule is CC(C)C(=O)N1CCC(N(C)C(=O)Nc2cnc(-c3cccc(F)c3)cn2)CC1. The molecule has 1 fully saturated rings. The highest BCUT2D eigenvalue weighted by Crippen LogP contribution is 2.20. The summed E-state index contributed by atoms with van der Waals surface area (Å²) in [6, 6.07) is 5.89. The van der Waals surface area contributed by atoms with E-state index in [-0.39, 0.29) is 29.7 Å². The van der Waals surface area contributed by atoms with Gasteiger partial charge < -0.3 is 9.80 Å². The van der Waals surface area contributed by atoms with Crippen molar-refractivity contribution in [3.05, 3.63) is 42.5 Å². The van der Waals surface area contributed by atoms with Crippen LogP contribution in [0.5, 0.6) is 0 Å². The summed E-state index contributed by atoms with van der Waals surface area (Å²) in [4.78, 5) is 36.6. The first-order valence-electron chi connectivity index (χ1n) is 9.75. The third-order valence-electron chi connectivity index (χ3n) is 5.15. The maximum Gasteiger partial charge on any atom is 0.323 e. The Morgan fingerprint density at radius 1 is 1.21 bits per heavy atom. The summed E-state index contributed by atoms with van der Waals surface area (Å²) in [5.41, 5.74) is 1.15. The number of rotatable bonds is 4. The minimum Gasteiger partial charge on any atom is -0.342 e. The molecule has 0 aliphatic carbocycles. The number of carbonyl (C=O) groups is 2. The first-order chi connectivity index (χ1) is 13.8. The molecule has 0 saturated carbocycles. The molecule has 0 spiro atoms. The van der Waals surface area contributed by atoms with Crippen LogP contribution >= 0.6 is 0 Å². The number of nitrogens with zero attached hydrogens (tertiary/aromatic N) is 4. The molecule has 0 radical (unpaired) electrons. The summed E-state index contributed by atoms with van der Waals surface area (Å²) in [6.07, 6.45) is 4.44. The Morgan fingerprint density at radius 2 is 1.93 bits per heavy atom. The predicted molar refractivity (Wildman–Crippen MR) is 109 cm³/mol. The second-order valence-corrected chi connectivity index (χ2v) is 7.55. The van der Waals surface area contributed by atoms with Crippen molar-refractivity contribution in [2.75, 3.05) is 25.5 Å². The molecular weight excluding hydrogens is 373 g/mol. The molecule has 7 nitrogen and oxygen atoms in total. The molecule has 2 aromatic rings. The number of likely N-dealkylation sites (tertiary alicyclic amines) is 1. The number of urea groups is 1. The molecule has 29 heavy (non-hydrogen) atoms. The van der Waals surface area contributed by atoms with Gasteiger partial charge in [-0.2, -0.15) is 0 Å². The van der Waals surface area contributed by atoms with Crippen LogP contribution in [0, 0.1) is 11.7 Å². The highest BCUT2D eigenvalue weighted by atomic mass is 19.1. The van der Waals surface area contributed by atoms with E-state index >= 15 is 0 Å². The zero-order chi connectivity index (χ0) is 21.0. The molecule has 2 heterocycles. The van der Waals surface area contributed by atoms with E-state index < -0.39 is 0 Å². The van der Waals surface area contributed by atoms with Gasteiger partial charge in [0.15, 0.2) is 5.82 Å². The van der Waals surface area contributed by atoms with Gasteiger partial charge in [-0.05, 0) is 25.0 Å². The zero-order valence-electron chi connectivity index (χ0n) is 16.9.